The highest BCUT2D eigenvalue weighted by Gasteiger charge is 2.09. The fourth-order valence-corrected chi connectivity index (χ4v) is 2.57. The minimum absolute atomic E-state index is 0.352. The molecule has 0 saturated carbocycles. The van der Waals surface area contributed by atoms with Gasteiger partial charge in [-0.1, -0.05) is 74.2 Å². The lowest BCUT2D eigenvalue weighted by molar-refractivity contribution is -0.159. The summed E-state index contributed by atoms with van der Waals surface area (Å²) in [5, 5.41) is 1.04. The topological polar surface area (TPSA) is 43.4 Å². The first-order valence-electron chi connectivity index (χ1n) is 8.50. The highest BCUT2D eigenvalue weighted by molar-refractivity contribution is 9.09. The summed E-state index contributed by atoms with van der Waals surface area (Å²) in [5.41, 5.74) is 0. The predicted molar refractivity (Wildman–Crippen MR) is 90.6 cm³/mol. The van der Waals surface area contributed by atoms with Crippen molar-refractivity contribution in [2.24, 2.45) is 0 Å². The van der Waals surface area contributed by atoms with E-state index in [9.17, 15) is 9.59 Å². The van der Waals surface area contributed by atoms with Crippen molar-refractivity contribution >= 4 is 27.9 Å². The standard InChI is InChI=1S/C17H31BrO3/c1-2-3-4-5-7-10-13-16(19)21-17(20)14-11-8-6-9-12-15-18/h2-15H2,1H3. The average molecular weight is 363 g/mol. The highest BCUT2D eigenvalue weighted by atomic mass is 79.9. The van der Waals surface area contributed by atoms with Gasteiger partial charge in [0, 0.05) is 18.2 Å². The Bertz CT molecular complexity index is 241. The van der Waals surface area contributed by atoms with E-state index < -0.39 is 0 Å². The molecule has 3 nitrogen and oxygen atoms in total. The van der Waals surface area contributed by atoms with E-state index in [4.69, 9.17) is 4.74 Å². The summed E-state index contributed by atoms with van der Waals surface area (Å²) in [5.74, 6) is -0.707. The van der Waals surface area contributed by atoms with Crippen molar-refractivity contribution in [3.63, 3.8) is 0 Å². The van der Waals surface area contributed by atoms with Crippen LogP contribution in [-0.2, 0) is 14.3 Å². The van der Waals surface area contributed by atoms with Crippen LogP contribution >= 0.6 is 15.9 Å². The molecule has 21 heavy (non-hydrogen) atoms. The zero-order chi connectivity index (χ0) is 15.8. The Morgan fingerprint density at radius 3 is 1.62 bits per heavy atom. The summed E-state index contributed by atoms with van der Waals surface area (Å²) >= 11 is 3.40. The van der Waals surface area contributed by atoms with Gasteiger partial charge in [0.2, 0.25) is 0 Å². The largest absolute Gasteiger partial charge is 0.393 e. The molecule has 0 unspecified atom stereocenters. The number of unbranched alkanes of at least 4 members (excludes halogenated alkanes) is 9. The van der Waals surface area contributed by atoms with Crippen molar-refractivity contribution in [3.05, 3.63) is 0 Å². The Morgan fingerprint density at radius 2 is 1.14 bits per heavy atom. The molecule has 0 saturated heterocycles. The molecule has 0 bridgehead atoms. The van der Waals surface area contributed by atoms with Crippen LogP contribution in [0.15, 0.2) is 0 Å². The Hall–Kier alpha value is -0.380. The molecule has 124 valence electrons. The number of esters is 2. The van der Waals surface area contributed by atoms with Crippen molar-refractivity contribution in [2.75, 3.05) is 5.33 Å². The molecule has 0 amide bonds. The van der Waals surface area contributed by atoms with Crippen molar-refractivity contribution < 1.29 is 14.3 Å². The number of carbonyl (C=O) groups excluding carboxylic acids is 2. The zero-order valence-corrected chi connectivity index (χ0v) is 15.1. The second-order valence-corrected chi connectivity index (χ2v) is 6.36. The molecular formula is C17H31BrO3. The van der Waals surface area contributed by atoms with E-state index in [-0.39, 0.29) is 11.9 Å². The Labute approximate surface area is 138 Å². The van der Waals surface area contributed by atoms with Crippen LogP contribution in [0.3, 0.4) is 0 Å². The van der Waals surface area contributed by atoms with Crippen molar-refractivity contribution in [1.82, 2.24) is 0 Å². The SMILES string of the molecule is CCCCCCCCC(=O)OC(=O)CCCCCCCBr. The Kier molecular flexibility index (Phi) is 15.7. The van der Waals surface area contributed by atoms with Gasteiger partial charge in [-0.05, 0) is 19.3 Å². The van der Waals surface area contributed by atoms with E-state index in [0.717, 1.165) is 37.4 Å². The first-order chi connectivity index (χ1) is 10.2. The summed E-state index contributed by atoms with van der Waals surface area (Å²) < 4.78 is 4.82. The molecule has 0 spiro atoms. The number of hydrogen-bond donors (Lipinski definition) is 0. The smallest absolute Gasteiger partial charge is 0.313 e. The summed E-state index contributed by atoms with van der Waals surface area (Å²) in [6.45, 7) is 2.19. The minimum Gasteiger partial charge on any atom is -0.393 e. The van der Waals surface area contributed by atoms with Crippen LogP contribution in [0.25, 0.3) is 0 Å². The summed E-state index contributed by atoms with van der Waals surface area (Å²) in [7, 11) is 0. The Balaban J connectivity index is 3.38. The first-order valence-corrected chi connectivity index (χ1v) is 9.62. The molecule has 4 heteroatoms. The molecule has 0 aromatic carbocycles. The molecule has 0 aliphatic heterocycles. The third-order valence-electron chi connectivity index (χ3n) is 3.48. The lowest BCUT2D eigenvalue weighted by Gasteiger charge is -2.03. The fraction of sp³-hybridized carbons (Fsp3) is 0.882. The molecule has 0 atom stereocenters. The van der Waals surface area contributed by atoms with E-state index in [0.29, 0.717) is 12.8 Å². The number of carbonyl (C=O) groups is 2. The van der Waals surface area contributed by atoms with Crippen molar-refractivity contribution in [2.45, 2.75) is 90.4 Å². The van der Waals surface area contributed by atoms with E-state index in [1.165, 1.54) is 38.5 Å². The minimum atomic E-state index is -0.355. The fourth-order valence-electron chi connectivity index (χ4n) is 2.17. The second kappa shape index (κ2) is 16.0. The lowest BCUT2D eigenvalue weighted by Crippen LogP contribution is -2.11. The van der Waals surface area contributed by atoms with Crippen LogP contribution in [0.2, 0.25) is 0 Å². The first kappa shape index (κ1) is 20.6. The van der Waals surface area contributed by atoms with Crippen LogP contribution in [0.4, 0.5) is 0 Å². The van der Waals surface area contributed by atoms with Gasteiger partial charge in [-0.3, -0.25) is 9.59 Å². The van der Waals surface area contributed by atoms with Gasteiger partial charge in [-0.25, -0.2) is 0 Å². The third kappa shape index (κ3) is 15.8. The van der Waals surface area contributed by atoms with Gasteiger partial charge >= 0.3 is 11.9 Å². The molecule has 0 aromatic heterocycles. The lowest BCUT2D eigenvalue weighted by atomic mass is 10.1. The van der Waals surface area contributed by atoms with Gasteiger partial charge in [0.05, 0.1) is 0 Å². The third-order valence-corrected chi connectivity index (χ3v) is 4.04. The zero-order valence-electron chi connectivity index (χ0n) is 13.5. The van der Waals surface area contributed by atoms with Crippen LogP contribution in [0.5, 0.6) is 0 Å². The predicted octanol–water partition coefficient (Wildman–Crippen LogP) is 5.54. The molecule has 0 fully saturated rings. The average Bonchev–Trinajstić information content (AvgIpc) is 2.46. The number of halogens is 1. The van der Waals surface area contributed by atoms with Crippen LogP contribution in [-0.4, -0.2) is 17.3 Å². The maximum Gasteiger partial charge on any atom is 0.313 e. The molecule has 0 aromatic rings. The summed E-state index contributed by atoms with van der Waals surface area (Å²) in [6.07, 6.45) is 12.9. The quantitative estimate of drug-likeness (QED) is 0.176. The molecule has 0 heterocycles. The normalized spacial score (nSPS) is 10.6. The van der Waals surface area contributed by atoms with E-state index in [1.54, 1.807) is 0 Å². The van der Waals surface area contributed by atoms with Crippen LogP contribution < -0.4 is 0 Å². The van der Waals surface area contributed by atoms with E-state index in [1.807, 2.05) is 0 Å². The summed E-state index contributed by atoms with van der Waals surface area (Å²) in [6, 6.07) is 0. The maximum atomic E-state index is 11.5. The van der Waals surface area contributed by atoms with Gasteiger partial charge in [-0.2, -0.15) is 0 Å². The van der Waals surface area contributed by atoms with Gasteiger partial charge in [0.1, 0.15) is 0 Å². The molecule has 0 rings (SSSR count). The highest BCUT2D eigenvalue weighted by Crippen LogP contribution is 2.09. The Morgan fingerprint density at radius 1 is 0.714 bits per heavy atom. The number of hydrogen-bond acceptors (Lipinski definition) is 3. The van der Waals surface area contributed by atoms with Crippen LogP contribution in [0.1, 0.15) is 90.4 Å². The summed E-state index contributed by atoms with van der Waals surface area (Å²) in [4.78, 5) is 22.9. The second-order valence-electron chi connectivity index (χ2n) is 5.57. The van der Waals surface area contributed by atoms with E-state index in [2.05, 4.69) is 22.9 Å². The molecule has 0 N–H and O–H groups in total. The molecular weight excluding hydrogens is 332 g/mol. The van der Waals surface area contributed by atoms with Gasteiger partial charge in [0.25, 0.3) is 0 Å². The van der Waals surface area contributed by atoms with E-state index >= 15 is 0 Å². The molecule has 0 aliphatic rings. The van der Waals surface area contributed by atoms with Gasteiger partial charge < -0.3 is 4.74 Å². The van der Waals surface area contributed by atoms with Gasteiger partial charge in [-0.15, -0.1) is 0 Å². The van der Waals surface area contributed by atoms with Crippen LogP contribution in [0, 0.1) is 0 Å². The molecule has 0 aliphatic carbocycles. The molecule has 0 radical (unpaired) electrons. The number of ether oxygens (including phenoxy) is 1. The van der Waals surface area contributed by atoms with Gasteiger partial charge in [0.15, 0.2) is 0 Å². The monoisotopic (exact) mass is 362 g/mol. The number of alkyl halides is 1. The van der Waals surface area contributed by atoms with Crippen molar-refractivity contribution in [1.29, 1.82) is 0 Å². The maximum absolute atomic E-state index is 11.5. The van der Waals surface area contributed by atoms with Crippen molar-refractivity contribution in [3.8, 4) is 0 Å². The number of rotatable bonds is 14.